The van der Waals surface area contributed by atoms with Crippen LogP contribution in [0.4, 0.5) is 11.4 Å². The number of benzene rings is 3. The smallest absolute Gasteiger partial charge is 0.264 e. The number of hydrogen-bond donors (Lipinski definition) is 1. The highest BCUT2D eigenvalue weighted by Crippen LogP contribution is 2.30. The Morgan fingerprint density at radius 1 is 0.933 bits per heavy atom. The van der Waals surface area contributed by atoms with Crippen LogP contribution >= 0.6 is 23.2 Å². The fraction of sp³-hybridized carbons (Fsp3) is 0.136. The molecular formula is C22H20Cl2N2O3S. The van der Waals surface area contributed by atoms with Crippen LogP contribution in [-0.4, -0.2) is 20.9 Å². The summed E-state index contributed by atoms with van der Waals surface area (Å²) in [4.78, 5) is 12.9. The van der Waals surface area contributed by atoms with Gasteiger partial charge in [-0.25, -0.2) is 8.42 Å². The van der Waals surface area contributed by atoms with Crippen molar-refractivity contribution in [1.82, 2.24) is 0 Å². The molecule has 30 heavy (non-hydrogen) atoms. The van der Waals surface area contributed by atoms with Crippen molar-refractivity contribution in [3.05, 3.63) is 87.9 Å². The highest BCUT2D eigenvalue weighted by Gasteiger charge is 2.27. The first-order valence-corrected chi connectivity index (χ1v) is 11.3. The van der Waals surface area contributed by atoms with Crippen molar-refractivity contribution in [1.29, 1.82) is 0 Å². The predicted octanol–water partition coefficient (Wildman–Crippen LogP) is 5.44. The Morgan fingerprint density at radius 2 is 1.63 bits per heavy atom. The Kier molecular flexibility index (Phi) is 6.71. The monoisotopic (exact) mass is 462 g/mol. The number of anilines is 2. The van der Waals surface area contributed by atoms with Gasteiger partial charge in [-0.05, 0) is 61.4 Å². The van der Waals surface area contributed by atoms with Crippen LogP contribution in [0.1, 0.15) is 11.1 Å². The number of carbonyl (C=O) groups excluding carboxylic acids is 1. The average molecular weight is 463 g/mol. The normalized spacial score (nSPS) is 11.2. The van der Waals surface area contributed by atoms with Gasteiger partial charge in [0.05, 0.1) is 20.6 Å². The van der Waals surface area contributed by atoms with Gasteiger partial charge < -0.3 is 5.32 Å². The molecule has 0 saturated carbocycles. The first-order chi connectivity index (χ1) is 14.2. The minimum Gasteiger partial charge on any atom is -0.324 e. The Balaban J connectivity index is 1.98. The summed E-state index contributed by atoms with van der Waals surface area (Å²) in [6.45, 7) is 3.40. The molecule has 0 unspecified atom stereocenters. The van der Waals surface area contributed by atoms with Crippen LogP contribution in [0.3, 0.4) is 0 Å². The third-order valence-corrected chi connectivity index (χ3v) is 7.22. The van der Waals surface area contributed by atoms with Crippen LogP contribution in [0.15, 0.2) is 71.6 Å². The molecular weight excluding hydrogens is 443 g/mol. The molecule has 5 nitrogen and oxygen atoms in total. The van der Waals surface area contributed by atoms with Gasteiger partial charge in [0.1, 0.15) is 6.54 Å². The van der Waals surface area contributed by atoms with Crippen LogP contribution in [0, 0.1) is 13.8 Å². The lowest BCUT2D eigenvalue weighted by Gasteiger charge is -2.24. The van der Waals surface area contributed by atoms with Gasteiger partial charge in [-0.3, -0.25) is 9.10 Å². The van der Waals surface area contributed by atoms with Crippen molar-refractivity contribution in [2.45, 2.75) is 18.7 Å². The maximum atomic E-state index is 13.3. The molecule has 3 aromatic rings. The number of nitrogens with one attached hydrogen (secondary N) is 1. The SMILES string of the molecule is Cc1cccc(NC(=O)CN(c2ccc(Cl)c(Cl)c2)S(=O)(=O)c2ccccc2)c1C. The Hall–Kier alpha value is -2.54. The van der Waals surface area contributed by atoms with Gasteiger partial charge in [0.25, 0.3) is 10.0 Å². The zero-order valence-corrected chi connectivity index (χ0v) is 18.7. The van der Waals surface area contributed by atoms with Gasteiger partial charge in [0.2, 0.25) is 5.91 Å². The van der Waals surface area contributed by atoms with Crippen LogP contribution in [0.2, 0.25) is 10.0 Å². The van der Waals surface area contributed by atoms with Crippen LogP contribution < -0.4 is 9.62 Å². The minimum absolute atomic E-state index is 0.0654. The van der Waals surface area contributed by atoms with Gasteiger partial charge in [0, 0.05) is 5.69 Å². The van der Waals surface area contributed by atoms with Crippen molar-refractivity contribution < 1.29 is 13.2 Å². The Bertz CT molecular complexity index is 1180. The number of carbonyl (C=O) groups is 1. The lowest BCUT2D eigenvalue weighted by atomic mass is 10.1. The molecule has 8 heteroatoms. The van der Waals surface area contributed by atoms with E-state index in [1.807, 2.05) is 26.0 Å². The van der Waals surface area contributed by atoms with E-state index in [4.69, 9.17) is 23.2 Å². The molecule has 0 radical (unpaired) electrons. The summed E-state index contributed by atoms with van der Waals surface area (Å²) in [5.74, 6) is -0.478. The van der Waals surface area contributed by atoms with Gasteiger partial charge in [0.15, 0.2) is 0 Å². The number of nitrogens with zero attached hydrogens (tertiary/aromatic N) is 1. The second-order valence-corrected chi connectivity index (χ2v) is 9.40. The van der Waals surface area contributed by atoms with Gasteiger partial charge in [-0.2, -0.15) is 0 Å². The molecule has 0 heterocycles. The summed E-state index contributed by atoms with van der Waals surface area (Å²) >= 11 is 12.1. The van der Waals surface area contributed by atoms with Crippen molar-refractivity contribution in [2.24, 2.45) is 0 Å². The number of halogens is 2. The van der Waals surface area contributed by atoms with E-state index in [-0.39, 0.29) is 20.6 Å². The maximum Gasteiger partial charge on any atom is 0.264 e. The summed E-state index contributed by atoms with van der Waals surface area (Å²) in [6.07, 6.45) is 0. The number of aryl methyl sites for hydroxylation is 1. The van der Waals surface area contributed by atoms with Crippen LogP contribution in [0.5, 0.6) is 0 Å². The molecule has 0 spiro atoms. The number of rotatable bonds is 6. The predicted molar refractivity (Wildman–Crippen MR) is 122 cm³/mol. The molecule has 0 aliphatic rings. The molecule has 0 aromatic heterocycles. The van der Waals surface area contributed by atoms with Crippen LogP contribution in [-0.2, 0) is 14.8 Å². The van der Waals surface area contributed by atoms with E-state index in [0.29, 0.717) is 5.69 Å². The number of hydrogen-bond acceptors (Lipinski definition) is 3. The third kappa shape index (κ3) is 4.78. The lowest BCUT2D eigenvalue weighted by molar-refractivity contribution is -0.114. The van der Waals surface area contributed by atoms with E-state index in [1.54, 1.807) is 24.3 Å². The molecule has 1 amide bonds. The molecule has 3 aromatic carbocycles. The Morgan fingerprint density at radius 3 is 2.30 bits per heavy atom. The molecule has 0 atom stereocenters. The lowest BCUT2D eigenvalue weighted by Crippen LogP contribution is -2.38. The van der Waals surface area contributed by atoms with Gasteiger partial charge in [-0.1, -0.05) is 53.5 Å². The zero-order valence-electron chi connectivity index (χ0n) is 16.4. The second-order valence-electron chi connectivity index (χ2n) is 6.72. The van der Waals surface area contributed by atoms with Crippen molar-refractivity contribution >= 4 is 50.5 Å². The molecule has 156 valence electrons. The standard InChI is InChI=1S/C22H20Cl2N2O3S/c1-15-7-6-10-21(16(15)2)25-22(27)14-26(17-11-12-19(23)20(24)13-17)30(28,29)18-8-4-3-5-9-18/h3-13H,14H2,1-2H3,(H,25,27). The summed E-state index contributed by atoms with van der Waals surface area (Å²) in [7, 11) is -4.02. The highest BCUT2D eigenvalue weighted by atomic mass is 35.5. The van der Waals surface area contributed by atoms with Crippen molar-refractivity contribution in [3.8, 4) is 0 Å². The van der Waals surface area contributed by atoms with E-state index >= 15 is 0 Å². The zero-order chi connectivity index (χ0) is 21.9. The topological polar surface area (TPSA) is 66.5 Å². The maximum absolute atomic E-state index is 13.3. The van der Waals surface area contributed by atoms with Gasteiger partial charge >= 0.3 is 0 Å². The summed E-state index contributed by atoms with van der Waals surface area (Å²) in [5.41, 5.74) is 2.81. The Labute approximate surface area is 186 Å². The summed E-state index contributed by atoms with van der Waals surface area (Å²) < 4.78 is 27.6. The second kappa shape index (κ2) is 9.08. The largest absolute Gasteiger partial charge is 0.324 e. The molecule has 0 aliphatic carbocycles. The van der Waals surface area contributed by atoms with E-state index < -0.39 is 22.5 Å². The molecule has 0 fully saturated rings. The first kappa shape index (κ1) is 22.2. The quantitative estimate of drug-likeness (QED) is 0.529. The third-order valence-electron chi connectivity index (χ3n) is 4.69. The number of sulfonamides is 1. The molecule has 3 rings (SSSR count). The first-order valence-electron chi connectivity index (χ1n) is 9.09. The van der Waals surface area contributed by atoms with Crippen molar-refractivity contribution in [3.63, 3.8) is 0 Å². The fourth-order valence-electron chi connectivity index (χ4n) is 2.88. The number of amides is 1. The minimum atomic E-state index is -4.02. The van der Waals surface area contributed by atoms with E-state index in [9.17, 15) is 13.2 Å². The van der Waals surface area contributed by atoms with E-state index in [1.165, 1.54) is 30.3 Å². The summed E-state index contributed by atoms with van der Waals surface area (Å²) in [6, 6.07) is 17.9. The molecule has 0 saturated heterocycles. The van der Waals surface area contributed by atoms with Crippen LogP contribution in [0.25, 0.3) is 0 Å². The van der Waals surface area contributed by atoms with Crippen molar-refractivity contribution in [2.75, 3.05) is 16.2 Å². The van der Waals surface area contributed by atoms with E-state index in [0.717, 1.165) is 15.4 Å². The highest BCUT2D eigenvalue weighted by molar-refractivity contribution is 7.92. The summed E-state index contributed by atoms with van der Waals surface area (Å²) in [5, 5.41) is 3.28. The fourth-order valence-corrected chi connectivity index (χ4v) is 4.61. The van der Waals surface area contributed by atoms with E-state index in [2.05, 4.69) is 5.32 Å². The average Bonchev–Trinajstić information content (AvgIpc) is 2.72. The molecule has 1 N–H and O–H groups in total. The van der Waals surface area contributed by atoms with Gasteiger partial charge in [-0.15, -0.1) is 0 Å². The molecule has 0 aliphatic heterocycles. The molecule has 0 bridgehead atoms.